The first kappa shape index (κ1) is 12.6. The van der Waals surface area contributed by atoms with Crippen molar-refractivity contribution in [3.8, 4) is 0 Å². The first-order valence-corrected chi connectivity index (χ1v) is 6.77. The number of nitrogens with two attached hydrogens (primary N) is 1. The molecule has 94 valence electrons. The van der Waals surface area contributed by atoms with Crippen molar-refractivity contribution in [3.05, 3.63) is 65.7 Å². The van der Waals surface area contributed by atoms with E-state index in [1.807, 2.05) is 0 Å². The molecule has 0 aliphatic carbocycles. The molecule has 0 bridgehead atoms. The van der Waals surface area contributed by atoms with E-state index in [-0.39, 0.29) is 0 Å². The minimum absolute atomic E-state index is 0.359. The molecule has 2 N–H and O–H groups in total. The first-order chi connectivity index (χ1) is 8.48. The van der Waals surface area contributed by atoms with Crippen molar-refractivity contribution in [1.82, 2.24) is 0 Å². The van der Waals surface area contributed by atoms with Gasteiger partial charge in [0, 0.05) is 5.69 Å². The highest BCUT2D eigenvalue weighted by atomic mass is 32.3. The van der Waals surface area contributed by atoms with Crippen LogP contribution in [0.3, 0.4) is 0 Å². The van der Waals surface area contributed by atoms with E-state index in [1.54, 1.807) is 42.5 Å². The Morgan fingerprint density at radius 3 is 1.89 bits per heavy atom. The molecule has 2 aromatic carbocycles. The van der Waals surface area contributed by atoms with Gasteiger partial charge >= 0.3 is 10.2 Å². The second-order valence-corrected chi connectivity index (χ2v) is 5.36. The van der Waals surface area contributed by atoms with E-state index in [1.165, 1.54) is 12.1 Å². The van der Waals surface area contributed by atoms with Crippen LogP contribution in [-0.4, -0.2) is 8.42 Å². The molecule has 0 fully saturated rings. The van der Waals surface area contributed by atoms with Gasteiger partial charge in [-0.25, -0.2) is 0 Å². The largest absolute Gasteiger partial charge is 0.399 e. The van der Waals surface area contributed by atoms with Gasteiger partial charge < -0.3 is 5.73 Å². The summed E-state index contributed by atoms with van der Waals surface area (Å²) < 4.78 is 36.1. The van der Waals surface area contributed by atoms with Crippen molar-refractivity contribution in [1.29, 1.82) is 0 Å². The Bertz CT molecular complexity index is 624. The van der Waals surface area contributed by atoms with E-state index in [0.717, 1.165) is 0 Å². The minimum Gasteiger partial charge on any atom is -0.399 e. The smallest absolute Gasteiger partial charge is 0.313 e. The summed E-state index contributed by atoms with van der Waals surface area (Å²) in [7, 11) is -4.72. The third-order valence-corrected chi connectivity index (χ3v) is 3.73. The fraction of sp³-hybridized carbons (Fsp3) is 0.0769. The van der Waals surface area contributed by atoms with Crippen LogP contribution >= 0.6 is 0 Å². The molecule has 0 spiro atoms. The molecule has 0 saturated heterocycles. The average Bonchev–Trinajstić information content (AvgIpc) is 2.32. The lowest BCUT2D eigenvalue weighted by molar-refractivity contribution is 0.544. The quantitative estimate of drug-likeness (QED) is 0.685. The highest BCUT2D eigenvalue weighted by Gasteiger charge is 2.28. The molecular formula is C13H12FNO2S. The van der Waals surface area contributed by atoms with Crippen LogP contribution in [0.1, 0.15) is 16.4 Å². The van der Waals surface area contributed by atoms with Gasteiger partial charge in [0.1, 0.15) is 5.25 Å². The Balaban J connectivity index is 2.55. The molecule has 0 amide bonds. The van der Waals surface area contributed by atoms with Gasteiger partial charge in [-0.3, -0.25) is 0 Å². The molecule has 0 aromatic heterocycles. The number of rotatable bonds is 3. The lowest BCUT2D eigenvalue weighted by Gasteiger charge is -2.13. The van der Waals surface area contributed by atoms with Crippen LogP contribution in [0, 0.1) is 0 Å². The topological polar surface area (TPSA) is 60.2 Å². The number of hydrogen-bond donors (Lipinski definition) is 1. The zero-order chi connectivity index (χ0) is 13.2. The average molecular weight is 265 g/mol. The predicted molar refractivity (Wildman–Crippen MR) is 69.2 cm³/mol. The van der Waals surface area contributed by atoms with Crippen LogP contribution < -0.4 is 5.73 Å². The van der Waals surface area contributed by atoms with Gasteiger partial charge in [-0.2, -0.15) is 8.42 Å². The molecule has 1 unspecified atom stereocenters. The lowest BCUT2D eigenvalue weighted by atomic mass is 10.0. The SMILES string of the molecule is Nc1ccc(C(c2ccccc2)S(=O)(=O)F)cc1. The van der Waals surface area contributed by atoms with Crippen molar-refractivity contribution in [2.45, 2.75) is 5.25 Å². The maximum atomic E-state index is 13.5. The van der Waals surface area contributed by atoms with Gasteiger partial charge in [0.2, 0.25) is 0 Å². The van der Waals surface area contributed by atoms with Crippen LogP contribution in [0.15, 0.2) is 54.6 Å². The van der Waals surface area contributed by atoms with E-state index >= 15 is 0 Å². The lowest BCUT2D eigenvalue weighted by Crippen LogP contribution is -2.10. The molecule has 2 aromatic rings. The second kappa shape index (κ2) is 4.78. The first-order valence-electron chi connectivity index (χ1n) is 5.32. The van der Waals surface area contributed by atoms with Crippen LogP contribution in [0.2, 0.25) is 0 Å². The number of halogens is 1. The summed E-state index contributed by atoms with van der Waals surface area (Å²) >= 11 is 0. The highest BCUT2D eigenvalue weighted by molar-refractivity contribution is 7.86. The fourth-order valence-corrected chi connectivity index (χ4v) is 2.78. The summed E-state index contributed by atoms with van der Waals surface area (Å²) in [5.41, 5.74) is 6.79. The maximum Gasteiger partial charge on any atom is 0.313 e. The number of nitrogen functional groups attached to an aromatic ring is 1. The Kier molecular flexibility index (Phi) is 3.34. The third kappa shape index (κ3) is 2.68. The van der Waals surface area contributed by atoms with E-state index in [0.29, 0.717) is 16.8 Å². The summed E-state index contributed by atoms with van der Waals surface area (Å²) in [5, 5.41) is -1.31. The predicted octanol–water partition coefficient (Wildman–Crippen LogP) is 2.66. The minimum atomic E-state index is -4.72. The molecule has 3 nitrogen and oxygen atoms in total. The Hall–Kier alpha value is -1.88. The van der Waals surface area contributed by atoms with Gasteiger partial charge in [-0.1, -0.05) is 42.5 Å². The molecule has 1 atom stereocenters. The second-order valence-electron chi connectivity index (χ2n) is 3.93. The Morgan fingerprint density at radius 1 is 0.889 bits per heavy atom. The fourth-order valence-electron chi connectivity index (χ4n) is 1.82. The summed E-state index contributed by atoms with van der Waals surface area (Å²) in [4.78, 5) is 0. The molecule has 2 rings (SSSR count). The van der Waals surface area contributed by atoms with Gasteiger partial charge in [0.25, 0.3) is 0 Å². The van der Waals surface area contributed by atoms with Crippen molar-refractivity contribution in [2.24, 2.45) is 0 Å². The Labute approximate surface area is 105 Å². The molecule has 5 heteroatoms. The van der Waals surface area contributed by atoms with Crippen molar-refractivity contribution < 1.29 is 12.3 Å². The number of benzene rings is 2. The van der Waals surface area contributed by atoms with Gasteiger partial charge in [0.05, 0.1) is 0 Å². The van der Waals surface area contributed by atoms with Crippen LogP contribution in [0.25, 0.3) is 0 Å². The maximum absolute atomic E-state index is 13.5. The Morgan fingerprint density at radius 2 is 1.39 bits per heavy atom. The van der Waals surface area contributed by atoms with E-state index in [9.17, 15) is 12.3 Å². The van der Waals surface area contributed by atoms with Gasteiger partial charge in [-0.15, -0.1) is 3.89 Å². The van der Waals surface area contributed by atoms with Gasteiger partial charge in [0.15, 0.2) is 0 Å². The molecular weight excluding hydrogens is 253 g/mol. The monoisotopic (exact) mass is 265 g/mol. The molecule has 0 aliphatic rings. The van der Waals surface area contributed by atoms with Crippen molar-refractivity contribution in [3.63, 3.8) is 0 Å². The van der Waals surface area contributed by atoms with Crippen molar-refractivity contribution in [2.75, 3.05) is 5.73 Å². The molecule has 0 radical (unpaired) electrons. The normalized spacial score (nSPS) is 13.2. The third-order valence-electron chi connectivity index (χ3n) is 2.62. The summed E-state index contributed by atoms with van der Waals surface area (Å²) in [6.45, 7) is 0. The summed E-state index contributed by atoms with van der Waals surface area (Å²) in [5.74, 6) is 0. The molecule has 0 aliphatic heterocycles. The zero-order valence-corrected chi connectivity index (χ0v) is 10.3. The zero-order valence-electron chi connectivity index (χ0n) is 9.45. The van der Waals surface area contributed by atoms with Crippen LogP contribution in [0.4, 0.5) is 9.57 Å². The molecule has 0 saturated carbocycles. The standard InChI is InChI=1S/C13H12FNO2S/c14-18(16,17)13(10-4-2-1-3-5-10)11-6-8-12(15)9-7-11/h1-9,13H,15H2. The van der Waals surface area contributed by atoms with Gasteiger partial charge in [-0.05, 0) is 23.3 Å². The van der Waals surface area contributed by atoms with Crippen LogP contribution in [0.5, 0.6) is 0 Å². The van der Waals surface area contributed by atoms with E-state index in [4.69, 9.17) is 5.73 Å². The highest BCUT2D eigenvalue weighted by Crippen LogP contribution is 2.31. The number of hydrogen-bond acceptors (Lipinski definition) is 3. The van der Waals surface area contributed by atoms with Crippen LogP contribution in [-0.2, 0) is 10.2 Å². The summed E-state index contributed by atoms with van der Waals surface area (Å²) in [6, 6.07) is 14.4. The molecule has 18 heavy (non-hydrogen) atoms. The molecule has 0 heterocycles. The van der Waals surface area contributed by atoms with E-state index < -0.39 is 15.5 Å². The van der Waals surface area contributed by atoms with E-state index in [2.05, 4.69) is 0 Å². The van der Waals surface area contributed by atoms with Crippen molar-refractivity contribution >= 4 is 15.9 Å². The number of anilines is 1. The summed E-state index contributed by atoms with van der Waals surface area (Å²) in [6.07, 6.45) is 0.